The summed E-state index contributed by atoms with van der Waals surface area (Å²) in [6.45, 7) is -1.46. The van der Waals surface area contributed by atoms with E-state index < -0.39 is 42.2 Å². The third kappa shape index (κ3) is 2.81. The molecule has 1 aliphatic rings. The highest BCUT2D eigenvalue weighted by molar-refractivity contribution is 6.42. The van der Waals surface area contributed by atoms with Crippen LogP contribution in [0.3, 0.4) is 0 Å². The molecule has 1 rings (SSSR count). The summed E-state index contributed by atoms with van der Waals surface area (Å²) < 4.78 is 39.3. The number of hydrogen-bond acceptors (Lipinski definition) is 5. The van der Waals surface area contributed by atoms with Crippen LogP contribution >= 0.6 is 0 Å². The smallest absolute Gasteiger partial charge is 0.398 e. The summed E-state index contributed by atoms with van der Waals surface area (Å²) in [6, 6.07) is 0. The van der Waals surface area contributed by atoms with Crippen molar-refractivity contribution in [2.24, 2.45) is 0 Å². The maximum absolute atomic E-state index is 12.3. The highest BCUT2D eigenvalue weighted by Gasteiger charge is 2.35. The van der Waals surface area contributed by atoms with Gasteiger partial charge < -0.3 is 4.74 Å². The first-order chi connectivity index (χ1) is 8.34. The zero-order valence-corrected chi connectivity index (χ0v) is 8.48. The predicted octanol–water partition coefficient (Wildman–Crippen LogP) is 0.0588. The van der Waals surface area contributed by atoms with E-state index in [-0.39, 0.29) is 4.90 Å². The molecule has 96 valence electrons. The van der Waals surface area contributed by atoms with Gasteiger partial charge in [0.2, 0.25) is 5.83 Å². The molecule has 0 aliphatic carbocycles. The Morgan fingerprint density at radius 3 is 2.06 bits per heavy atom. The molecule has 0 unspecified atom stereocenters. The molecule has 1 aliphatic heterocycles. The van der Waals surface area contributed by atoms with E-state index in [1.165, 1.54) is 0 Å². The molecule has 0 aromatic rings. The molecule has 0 spiro atoms. The summed E-state index contributed by atoms with van der Waals surface area (Å²) in [7, 11) is 0. The number of imide groups is 3. The van der Waals surface area contributed by atoms with E-state index in [0.717, 1.165) is 12.2 Å². The minimum atomic E-state index is -2.70. The first kappa shape index (κ1) is 13.6. The quantitative estimate of drug-likeness (QED) is 0.399. The summed E-state index contributed by atoms with van der Waals surface area (Å²) in [6.07, 6.45) is -1.24. The Hall–Kier alpha value is -2.45. The van der Waals surface area contributed by atoms with Crippen LogP contribution in [-0.2, 0) is 23.9 Å². The van der Waals surface area contributed by atoms with Crippen LogP contribution in [0.2, 0.25) is 0 Å². The van der Waals surface area contributed by atoms with Crippen molar-refractivity contribution in [2.45, 2.75) is 0 Å². The molecule has 9 heteroatoms. The summed E-state index contributed by atoms with van der Waals surface area (Å²) in [5, 5.41) is 0. The molecule has 3 amide bonds. The molecular weight excluding hydrogens is 259 g/mol. The summed E-state index contributed by atoms with van der Waals surface area (Å²) in [5.74, 6) is -7.66. The van der Waals surface area contributed by atoms with Gasteiger partial charge in [-0.05, 0) is 0 Å². The summed E-state index contributed by atoms with van der Waals surface area (Å²) in [5.41, 5.74) is 0. The third-order valence-electron chi connectivity index (χ3n) is 1.72. The van der Waals surface area contributed by atoms with Gasteiger partial charge in [-0.25, -0.2) is 14.1 Å². The number of rotatable bonds is 2. The lowest BCUT2D eigenvalue weighted by atomic mass is 10.5. The second-order valence-electron chi connectivity index (χ2n) is 2.89. The number of esters is 1. The highest BCUT2D eigenvalue weighted by Crippen LogP contribution is 2.10. The lowest BCUT2D eigenvalue weighted by Gasteiger charge is -2.10. The minimum Gasteiger partial charge on any atom is -0.451 e. The average Bonchev–Trinajstić information content (AvgIpc) is 2.64. The zero-order chi connectivity index (χ0) is 13.9. The second-order valence-corrected chi connectivity index (χ2v) is 2.89. The Balaban J connectivity index is 2.64. The Morgan fingerprint density at radius 1 is 1.11 bits per heavy atom. The van der Waals surface area contributed by atoms with Crippen molar-refractivity contribution in [3.63, 3.8) is 0 Å². The van der Waals surface area contributed by atoms with Gasteiger partial charge in [0, 0.05) is 12.2 Å². The van der Waals surface area contributed by atoms with Crippen LogP contribution in [0.5, 0.6) is 0 Å². The average molecular weight is 263 g/mol. The molecule has 0 aromatic carbocycles. The molecular formula is C9H4F3NO5. The second kappa shape index (κ2) is 5.25. The molecule has 1 heterocycles. The van der Waals surface area contributed by atoms with Crippen molar-refractivity contribution >= 4 is 23.7 Å². The SMILES string of the molecule is O=C(OCC(F)=C(F)F)C(=O)N1C(=O)C=CC1=O. The van der Waals surface area contributed by atoms with Gasteiger partial charge in [-0.3, -0.25) is 14.4 Å². The topological polar surface area (TPSA) is 80.8 Å². The Kier molecular flexibility index (Phi) is 3.97. The third-order valence-corrected chi connectivity index (χ3v) is 1.72. The van der Waals surface area contributed by atoms with Crippen molar-refractivity contribution in [3.05, 3.63) is 24.1 Å². The van der Waals surface area contributed by atoms with Crippen molar-refractivity contribution in [2.75, 3.05) is 6.61 Å². The maximum Gasteiger partial charge on any atom is 0.398 e. The fourth-order valence-electron chi connectivity index (χ4n) is 0.937. The molecule has 0 N–H and O–H groups in total. The lowest BCUT2D eigenvalue weighted by Crippen LogP contribution is -2.41. The number of carbonyl (C=O) groups excluding carboxylic acids is 4. The van der Waals surface area contributed by atoms with Crippen LogP contribution < -0.4 is 0 Å². The van der Waals surface area contributed by atoms with Crippen molar-refractivity contribution in [1.82, 2.24) is 4.90 Å². The molecule has 6 nitrogen and oxygen atoms in total. The van der Waals surface area contributed by atoms with E-state index in [4.69, 9.17) is 0 Å². The first-order valence-corrected chi connectivity index (χ1v) is 4.31. The van der Waals surface area contributed by atoms with Gasteiger partial charge in [-0.15, -0.1) is 0 Å². The van der Waals surface area contributed by atoms with E-state index in [0.29, 0.717) is 0 Å². The van der Waals surface area contributed by atoms with E-state index >= 15 is 0 Å². The molecule has 0 fully saturated rings. The van der Waals surface area contributed by atoms with E-state index in [1.54, 1.807) is 0 Å². The van der Waals surface area contributed by atoms with Crippen LogP contribution in [0.25, 0.3) is 0 Å². The van der Waals surface area contributed by atoms with Gasteiger partial charge in [0.05, 0.1) is 0 Å². The fourth-order valence-corrected chi connectivity index (χ4v) is 0.937. The van der Waals surface area contributed by atoms with Crippen LogP contribution in [0.1, 0.15) is 0 Å². The van der Waals surface area contributed by atoms with Crippen LogP contribution in [-0.4, -0.2) is 35.2 Å². The predicted molar refractivity (Wildman–Crippen MR) is 47.3 cm³/mol. The van der Waals surface area contributed by atoms with E-state index in [9.17, 15) is 32.3 Å². The number of ether oxygens (including phenoxy) is 1. The number of hydrogen-bond donors (Lipinski definition) is 0. The molecule has 0 bridgehead atoms. The lowest BCUT2D eigenvalue weighted by molar-refractivity contribution is -0.164. The molecule has 0 saturated heterocycles. The molecule has 0 saturated carbocycles. The van der Waals surface area contributed by atoms with Crippen LogP contribution in [0, 0.1) is 0 Å². The van der Waals surface area contributed by atoms with Gasteiger partial charge in [-0.2, -0.15) is 8.78 Å². The monoisotopic (exact) mass is 263 g/mol. The van der Waals surface area contributed by atoms with Gasteiger partial charge in [0.1, 0.15) is 6.61 Å². The minimum absolute atomic E-state index is 0.0598. The molecule has 18 heavy (non-hydrogen) atoms. The van der Waals surface area contributed by atoms with Gasteiger partial charge in [-0.1, -0.05) is 0 Å². The zero-order valence-electron chi connectivity index (χ0n) is 8.48. The first-order valence-electron chi connectivity index (χ1n) is 4.31. The Morgan fingerprint density at radius 2 is 1.61 bits per heavy atom. The van der Waals surface area contributed by atoms with Crippen LogP contribution in [0.4, 0.5) is 13.2 Å². The number of carbonyl (C=O) groups is 4. The largest absolute Gasteiger partial charge is 0.451 e. The maximum atomic E-state index is 12.3. The van der Waals surface area contributed by atoms with Crippen molar-refractivity contribution < 1.29 is 37.1 Å². The molecule has 0 atom stereocenters. The summed E-state index contributed by atoms with van der Waals surface area (Å²) >= 11 is 0. The Labute approximate surface area is 97.3 Å². The van der Waals surface area contributed by atoms with E-state index in [2.05, 4.69) is 4.74 Å². The molecule has 0 aromatic heterocycles. The number of amides is 3. The van der Waals surface area contributed by atoms with Gasteiger partial charge >= 0.3 is 18.0 Å². The van der Waals surface area contributed by atoms with Gasteiger partial charge in [0.15, 0.2) is 0 Å². The van der Waals surface area contributed by atoms with Gasteiger partial charge in [0.25, 0.3) is 11.8 Å². The van der Waals surface area contributed by atoms with E-state index in [1.807, 2.05) is 0 Å². The fraction of sp³-hybridized carbons (Fsp3) is 0.111. The number of nitrogens with zero attached hydrogens (tertiary/aromatic N) is 1. The standard InChI is InChI=1S/C9H4F3NO5/c10-4(7(11)12)3-18-9(17)8(16)13-5(14)1-2-6(13)15/h1-2H,3H2. The molecule has 0 radical (unpaired) electrons. The van der Waals surface area contributed by atoms with Crippen molar-refractivity contribution in [3.8, 4) is 0 Å². The van der Waals surface area contributed by atoms with Crippen molar-refractivity contribution in [1.29, 1.82) is 0 Å². The summed E-state index contributed by atoms with van der Waals surface area (Å²) in [4.78, 5) is 44.0. The highest BCUT2D eigenvalue weighted by atomic mass is 19.3. The normalized spacial score (nSPS) is 13.8. The Bertz CT molecular complexity index is 474. The van der Waals surface area contributed by atoms with Crippen LogP contribution in [0.15, 0.2) is 24.1 Å². The number of halogens is 3.